The lowest BCUT2D eigenvalue weighted by atomic mass is 10.4. The number of hydrogen-bond donors (Lipinski definition) is 0. The Morgan fingerprint density at radius 3 is 2.14 bits per heavy atom. The summed E-state index contributed by atoms with van der Waals surface area (Å²) in [4.78, 5) is 3.69. The fourth-order valence-corrected chi connectivity index (χ4v) is 0.763. The summed E-state index contributed by atoms with van der Waals surface area (Å²) in [6, 6.07) is 0. The van der Waals surface area contributed by atoms with Crippen LogP contribution in [0.3, 0.4) is 0 Å². The Hall–Kier alpha value is -0.120. The first-order chi connectivity index (χ1) is 3.43. The zero-order chi connectivity index (χ0) is 5.11. The molecule has 0 aromatic rings. The van der Waals surface area contributed by atoms with Gasteiger partial charge >= 0.3 is 0 Å². The molecule has 0 N–H and O–H groups in total. The Balaban J connectivity index is 2.14. The lowest BCUT2D eigenvalue weighted by Gasteiger charge is -2.02. The van der Waals surface area contributed by atoms with Crippen LogP contribution in [0.5, 0.6) is 0 Å². The van der Waals surface area contributed by atoms with Crippen molar-refractivity contribution < 1.29 is 10.2 Å². The second-order valence-electron chi connectivity index (χ2n) is 1.71. The molecule has 0 unspecified atom stereocenters. The summed E-state index contributed by atoms with van der Waals surface area (Å²) in [5.41, 5.74) is 0. The van der Waals surface area contributed by atoms with Crippen molar-refractivity contribution in [2.75, 3.05) is 13.1 Å². The largest absolute Gasteiger partial charge is 0.154 e. The predicted molar refractivity (Wildman–Crippen MR) is 22.6 cm³/mol. The van der Waals surface area contributed by atoms with Crippen molar-refractivity contribution in [1.82, 2.24) is 5.06 Å². The predicted octanol–water partition coefficient (Wildman–Crippen LogP) is 0.359. The van der Waals surface area contributed by atoms with E-state index in [9.17, 15) is 5.26 Å². The minimum atomic E-state index is 0.809. The molecule has 7 heavy (non-hydrogen) atoms. The lowest BCUT2D eigenvalue weighted by molar-refractivity contribution is -0.434. The first-order valence-corrected chi connectivity index (χ1v) is 2.48. The van der Waals surface area contributed by atoms with Gasteiger partial charge in [-0.1, -0.05) is 0 Å². The van der Waals surface area contributed by atoms with Gasteiger partial charge in [-0.15, -0.1) is 4.99 Å². The number of hydroxylamine groups is 2. The van der Waals surface area contributed by atoms with Gasteiger partial charge in [-0.25, -0.2) is 0 Å². The summed E-state index contributed by atoms with van der Waals surface area (Å²) >= 11 is 0. The van der Waals surface area contributed by atoms with Crippen LogP contribution in [0.15, 0.2) is 0 Å². The van der Waals surface area contributed by atoms with Crippen LogP contribution in [0.1, 0.15) is 12.8 Å². The highest BCUT2D eigenvalue weighted by atomic mass is 17.2. The van der Waals surface area contributed by atoms with Crippen LogP contribution < -0.4 is 0 Å². The SMILES string of the molecule is [O]ON1CCCC1. The second kappa shape index (κ2) is 2.26. The van der Waals surface area contributed by atoms with Crippen molar-refractivity contribution in [2.24, 2.45) is 0 Å². The van der Waals surface area contributed by atoms with E-state index in [2.05, 4.69) is 4.99 Å². The smallest absolute Gasteiger partial charge is 0.0272 e. The Kier molecular flexibility index (Phi) is 1.62. The molecule has 0 atom stereocenters. The Bertz CT molecular complexity index is 51.7. The molecule has 3 heteroatoms. The Morgan fingerprint density at radius 1 is 1.29 bits per heavy atom. The average Bonchev–Trinajstić information content (AvgIpc) is 2.14. The van der Waals surface area contributed by atoms with Gasteiger partial charge < -0.3 is 0 Å². The molecule has 1 heterocycles. The standard InChI is InChI=1S/C4H8NO2/c6-7-5-3-1-2-4-5/h1-4H2. The Morgan fingerprint density at radius 2 is 1.86 bits per heavy atom. The third kappa shape index (κ3) is 1.12. The van der Waals surface area contributed by atoms with E-state index in [1.165, 1.54) is 5.06 Å². The maximum Gasteiger partial charge on any atom is 0.0272 e. The van der Waals surface area contributed by atoms with Gasteiger partial charge in [-0.3, -0.25) is 0 Å². The molecule has 1 rings (SSSR count). The van der Waals surface area contributed by atoms with E-state index in [1.54, 1.807) is 0 Å². The topological polar surface area (TPSA) is 32.4 Å². The Labute approximate surface area is 42.4 Å². The maximum absolute atomic E-state index is 9.56. The highest BCUT2D eigenvalue weighted by molar-refractivity contribution is 4.55. The number of rotatable bonds is 1. The normalized spacial score (nSPS) is 23.6. The third-order valence-corrected chi connectivity index (χ3v) is 1.17. The van der Waals surface area contributed by atoms with E-state index < -0.39 is 0 Å². The summed E-state index contributed by atoms with van der Waals surface area (Å²) in [5, 5.41) is 11.0. The monoisotopic (exact) mass is 102 g/mol. The first kappa shape index (κ1) is 5.03. The molecule has 41 valence electrons. The molecule has 0 aromatic carbocycles. The van der Waals surface area contributed by atoms with Crippen molar-refractivity contribution in [3.05, 3.63) is 0 Å². The molecule has 0 bridgehead atoms. The van der Waals surface area contributed by atoms with Gasteiger partial charge in [0.1, 0.15) is 0 Å². The van der Waals surface area contributed by atoms with Gasteiger partial charge in [0.15, 0.2) is 0 Å². The average molecular weight is 102 g/mol. The highest BCUT2D eigenvalue weighted by Crippen LogP contribution is 2.05. The van der Waals surface area contributed by atoms with Crippen LogP contribution in [0, 0.1) is 0 Å². The van der Waals surface area contributed by atoms with Crippen LogP contribution in [-0.4, -0.2) is 18.2 Å². The molecular formula is C4H8NO2. The van der Waals surface area contributed by atoms with Crippen molar-refractivity contribution >= 4 is 0 Å². The summed E-state index contributed by atoms with van der Waals surface area (Å²) in [6.07, 6.45) is 2.20. The van der Waals surface area contributed by atoms with Gasteiger partial charge in [0, 0.05) is 13.1 Å². The van der Waals surface area contributed by atoms with Gasteiger partial charge in [0.25, 0.3) is 0 Å². The maximum atomic E-state index is 9.56. The molecule has 1 fully saturated rings. The molecule has 1 aliphatic rings. The molecule has 0 amide bonds. The van der Waals surface area contributed by atoms with Crippen LogP contribution in [0.4, 0.5) is 0 Å². The molecule has 0 aromatic heterocycles. The first-order valence-electron chi connectivity index (χ1n) is 2.48. The molecule has 0 aliphatic carbocycles. The van der Waals surface area contributed by atoms with E-state index in [4.69, 9.17) is 0 Å². The molecule has 1 aliphatic heterocycles. The second-order valence-corrected chi connectivity index (χ2v) is 1.71. The van der Waals surface area contributed by atoms with Crippen molar-refractivity contribution in [3.8, 4) is 0 Å². The third-order valence-electron chi connectivity index (χ3n) is 1.17. The summed E-state index contributed by atoms with van der Waals surface area (Å²) in [5.74, 6) is 0. The van der Waals surface area contributed by atoms with E-state index in [1.807, 2.05) is 0 Å². The van der Waals surface area contributed by atoms with Gasteiger partial charge in [0.05, 0.1) is 0 Å². The van der Waals surface area contributed by atoms with E-state index in [0.29, 0.717) is 0 Å². The summed E-state index contributed by atoms with van der Waals surface area (Å²) in [6.45, 7) is 1.62. The van der Waals surface area contributed by atoms with Crippen molar-refractivity contribution in [2.45, 2.75) is 12.8 Å². The van der Waals surface area contributed by atoms with Gasteiger partial charge in [-0.05, 0) is 18.1 Å². The number of hydrogen-bond acceptors (Lipinski definition) is 2. The van der Waals surface area contributed by atoms with Crippen LogP contribution in [-0.2, 0) is 10.2 Å². The lowest BCUT2D eigenvalue weighted by Crippen LogP contribution is -2.16. The molecule has 1 radical (unpaired) electrons. The fraction of sp³-hybridized carbons (Fsp3) is 1.00. The van der Waals surface area contributed by atoms with Gasteiger partial charge in [-0.2, -0.15) is 5.06 Å². The molecule has 1 saturated heterocycles. The van der Waals surface area contributed by atoms with Crippen LogP contribution in [0.25, 0.3) is 0 Å². The van der Waals surface area contributed by atoms with Crippen molar-refractivity contribution in [3.63, 3.8) is 0 Å². The molecule has 0 saturated carbocycles. The molecular weight excluding hydrogens is 94.0 g/mol. The van der Waals surface area contributed by atoms with E-state index in [-0.39, 0.29) is 0 Å². The zero-order valence-corrected chi connectivity index (χ0v) is 4.09. The van der Waals surface area contributed by atoms with Crippen LogP contribution in [0.2, 0.25) is 0 Å². The molecule has 3 nitrogen and oxygen atoms in total. The van der Waals surface area contributed by atoms with E-state index in [0.717, 1.165) is 25.9 Å². The van der Waals surface area contributed by atoms with E-state index >= 15 is 0 Å². The zero-order valence-electron chi connectivity index (χ0n) is 4.09. The fourth-order valence-electron chi connectivity index (χ4n) is 0.763. The van der Waals surface area contributed by atoms with Crippen molar-refractivity contribution in [1.29, 1.82) is 0 Å². The summed E-state index contributed by atoms with van der Waals surface area (Å²) < 4.78 is 0. The quantitative estimate of drug-likeness (QED) is 0.353. The minimum Gasteiger partial charge on any atom is -0.154 e. The summed E-state index contributed by atoms with van der Waals surface area (Å²) in [7, 11) is 0. The van der Waals surface area contributed by atoms with Gasteiger partial charge in [0.2, 0.25) is 0 Å². The van der Waals surface area contributed by atoms with Crippen LogP contribution >= 0.6 is 0 Å². The number of nitrogens with zero attached hydrogens (tertiary/aromatic N) is 1. The minimum absolute atomic E-state index is 0.809. The molecule has 0 spiro atoms. The highest BCUT2D eigenvalue weighted by Gasteiger charge is 2.10.